The Balaban J connectivity index is 2.06. The summed E-state index contributed by atoms with van der Waals surface area (Å²) < 4.78 is 0. The molecular formula is C14H16N4. The van der Waals surface area contributed by atoms with E-state index >= 15 is 0 Å². The molecule has 0 aliphatic carbocycles. The summed E-state index contributed by atoms with van der Waals surface area (Å²) in [4.78, 5) is 2.33. The van der Waals surface area contributed by atoms with Crippen LogP contribution in [0.3, 0.4) is 0 Å². The van der Waals surface area contributed by atoms with Crippen LogP contribution in [0, 0.1) is 11.3 Å². The molecule has 0 radical (unpaired) electrons. The van der Waals surface area contributed by atoms with Crippen LogP contribution in [-0.4, -0.2) is 37.6 Å². The van der Waals surface area contributed by atoms with E-state index in [4.69, 9.17) is 0 Å². The minimum atomic E-state index is 0.632. The van der Waals surface area contributed by atoms with Crippen molar-refractivity contribution < 1.29 is 0 Å². The summed E-state index contributed by atoms with van der Waals surface area (Å²) in [5, 5.41) is 16.0. The fourth-order valence-electron chi connectivity index (χ4n) is 2.62. The monoisotopic (exact) mass is 240 g/mol. The molecular weight excluding hydrogens is 224 g/mol. The first kappa shape index (κ1) is 11.1. The predicted octanol–water partition coefficient (Wildman–Crippen LogP) is 1.25. The first-order chi connectivity index (χ1) is 8.90. The van der Waals surface area contributed by atoms with Crippen molar-refractivity contribution in [1.29, 1.82) is 5.26 Å². The highest BCUT2D eigenvalue weighted by molar-refractivity contribution is 5.82. The second-order valence-electron chi connectivity index (χ2n) is 4.58. The maximum absolute atomic E-state index is 9.33. The minimum Gasteiger partial charge on any atom is -0.380 e. The molecule has 0 unspecified atom stereocenters. The Morgan fingerprint density at radius 2 is 1.94 bits per heavy atom. The van der Waals surface area contributed by atoms with Gasteiger partial charge in [-0.2, -0.15) is 5.26 Å². The van der Waals surface area contributed by atoms with Gasteiger partial charge in [0.25, 0.3) is 0 Å². The number of rotatable bonds is 1. The third kappa shape index (κ3) is 1.83. The van der Waals surface area contributed by atoms with Crippen LogP contribution in [0.2, 0.25) is 0 Å². The molecule has 0 spiro atoms. The Morgan fingerprint density at radius 1 is 1.17 bits per heavy atom. The van der Waals surface area contributed by atoms with Gasteiger partial charge in [-0.25, -0.2) is 0 Å². The highest BCUT2D eigenvalue weighted by Gasteiger charge is 2.24. The highest BCUT2D eigenvalue weighted by Crippen LogP contribution is 2.33. The standard InChI is InChI=1S/C14H16N4/c15-9-11-10-17-13-4-2-1-3-12(13)14(11)18-7-5-16-6-8-18/h1-4,16-17H,5-8,10H2. The molecule has 4 heteroatoms. The molecule has 0 bridgehead atoms. The predicted molar refractivity (Wildman–Crippen MR) is 71.9 cm³/mol. The summed E-state index contributed by atoms with van der Waals surface area (Å²) >= 11 is 0. The zero-order valence-electron chi connectivity index (χ0n) is 10.2. The van der Waals surface area contributed by atoms with Crippen LogP contribution in [0.15, 0.2) is 29.8 Å². The maximum Gasteiger partial charge on any atom is 0.0988 e. The Morgan fingerprint density at radius 3 is 2.72 bits per heavy atom. The minimum absolute atomic E-state index is 0.632. The largest absolute Gasteiger partial charge is 0.380 e. The molecule has 0 amide bonds. The van der Waals surface area contributed by atoms with Crippen molar-refractivity contribution >= 4 is 11.4 Å². The zero-order valence-corrected chi connectivity index (χ0v) is 10.2. The number of hydrogen-bond donors (Lipinski definition) is 2. The van der Waals surface area contributed by atoms with Gasteiger partial charge in [0.05, 0.1) is 23.9 Å². The van der Waals surface area contributed by atoms with E-state index in [9.17, 15) is 5.26 Å². The van der Waals surface area contributed by atoms with E-state index in [1.807, 2.05) is 12.1 Å². The number of anilines is 1. The Bertz CT molecular complexity index is 521. The normalized spacial score (nSPS) is 18.9. The summed E-state index contributed by atoms with van der Waals surface area (Å²) in [6.07, 6.45) is 0. The van der Waals surface area contributed by atoms with Gasteiger partial charge in [-0.3, -0.25) is 0 Å². The summed E-state index contributed by atoms with van der Waals surface area (Å²) in [6, 6.07) is 10.6. The molecule has 0 aromatic heterocycles. The fraction of sp³-hybridized carbons (Fsp3) is 0.357. The van der Waals surface area contributed by atoms with Crippen LogP contribution in [-0.2, 0) is 0 Å². The van der Waals surface area contributed by atoms with Crippen LogP contribution < -0.4 is 10.6 Å². The van der Waals surface area contributed by atoms with E-state index in [0.717, 1.165) is 48.7 Å². The van der Waals surface area contributed by atoms with E-state index < -0.39 is 0 Å². The molecule has 1 saturated heterocycles. The molecule has 1 aromatic carbocycles. The molecule has 2 N–H and O–H groups in total. The molecule has 4 nitrogen and oxygen atoms in total. The van der Waals surface area contributed by atoms with E-state index in [2.05, 4.69) is 33.7 Å². The molecule has 1 aromatic rings. The second-order valence-corrected chi connectivity index (χ2v) is 4.58. The van der Waals surface area contributed by atoms with E-state index in [1.54, 1.807) is 0 Å². The van der Waals surface area contributed by atoms with Gasteiger partial charge in [0.15, 0.2) is 0 Å². The number of nitriles is 1. The van der Waals surface area contributed by atoms with Crippen LogP contribution in [0.5, 0.6) is 0 Å². The van der Waals surface area contributed by atoms with Crippen molar-refractivity contribution in [3.63, 3.8) is 0 Å². The van der Waals surface area contributed by atoms with Crippen molar-refractivity contribution in [2.45, 2.75) is 0 Å². The average molecular weight is 240 g/mol. The number of benzene rings is 1. The third-order valence-corrected chi connectivity index (χ3v) is 3.49. The number of para-hydroxylation sites is 1. The van der Waals surface area contributed by atoms with Gasteiger partial charge >= 0.3 is 0 Å². The molecule has 2 aliphatic heterocycles. The molecule has 2 heterocycles. The van der Waals surface area contributed by atoms with Crippen LogP contribution >= 0.6 is 0 Å². The average Bonchev–Trinajstić information content (AvgIpc) is 2.47. The Hall–Kier alpha value is -1.99. The van der Waals surface area contributed by atoms with Crippen LogP contribution in [0.25, 0.3) is 5.70 Å². The van der Waals surface area contributed by atoms with Gasteiger partial charge < -0.3 is 15.5 Å². The van der Waals surface area contributed by atoms with Gasteiger partial charge in [-0.05, 0) is 6.07 Å². The number of fused-ring (bicyclic) bond motifs is 1. The fourth-order valence-corrected chi connectivity index (χ4v) is 2.62. The third-order valence-electron chi connectivity index (χ3n) is 3.49. The van der Waals surface area contributed by atoms with Gasteiger partial charge in [0.1, 0.15) is 0 Å². The molecule has 92 valence electrons. The molecule has 18 heavy (non-hydrogen) atoms. The smallest absolute Gasteiger partial charge is 0.0988 e. The maximum atomic E-state index is 9.33. The highest BCUT2D eigenvalue weighted by atomic mass is 15.2. The molecule has 0 atom stereocenters. The van der Waals surface area contributed by atoms with Gasteiger partial charge in [-0.15, -0.1) is 0 Å². The summed E-state index contributed by atoms with van der Waals surface area (Å²) in [6.45, 7) is 4.53. The van der Waals surface area contributed by atoms with Crippen molar-refractivity contribution in [1.82, 2.24) is 10.2 Å². The first-order valence-electron chi connectivity index (χ1n) is 6.32. The van der Waals surface area contributed by atoms with Gasteiger partial charge in [0.2, 0.25) is 0 Å². The lowest BCUT2D eigenvalue weighted by molar-refractivity contribution is 0.339. The Labute approximate surface area is 107 Å². The van der Waals surface area contributed by atoms with Crippen LogP contribution in [0.4, 0.5) is 5.69 Å². The summed E-state index contributed by atoms with van der Waals surface area (Å²) in [7, 11) is 0. The van der Waals surface area contributed by atoms with E-state index in [-0.39, 0.29) is 0 Å². The number of nitrogens with zero attached hydrogens (tertiary/aromatic N) is 2. The topological polar surface area (TPSA) is 51.1 Å². The molecule has 1 fully saturated rings. The number of nitrogens with one attached hydrogen (secondary N) is 2. The Kier molecular flexibility index (Phi) is 2.91. The summed E-state index contributed by atoms with van der Waals surface area (Å²) in [5.41, 5.74) is 4.25. The van der Waals surface area contributed by atoms with Gasteiger partial charge in [0, 0.05) is 37.4 Å². The lowest BCUT2D eigenvalue weighted by Crippen LogP contribution is -2.43. The second kappa shape index (κ2) is 4.71. The van der Waals surface area contributed by atoms with E-state index in [1.165, 1.54) is 0 Å². The van der Waals surface area contributed by atoms with Crippen molar-refractivity contribution in [3.05, 3.63) is 35.4 Å². The first-order valence-corrected chi connectivity index (χ1v) is 6.32. The lowest BCUT2D eigenvalue weighted by Gasteiger charge is -2.35. The molecule has 0 saturated carbocycles. The number of piperazine rings is 1. The molecule has 2 aliphatic rings. The number of hydrogen-bond acceptors (Lipinski definition) is 4. The summed E-state index contributed by atoms with van der Waals surface area (Å²) in [5.74, 6) is 0. The SMILES string of the molecule is N#CC1=C(N2CCNCC2)c2ccccc2NC1. The van der Waals surface area contributed by atoms with Crippen molar-refractivity contribution in [3.8, 4) is 6.07 Å². The molecule has 3 rings (SSSR count). The van der Waals surface area contributed by atoms with Crippen molar-refractivity contribution in [2.24, 2.45) is 0 Å². The van der Waals surface area contributed by atoms with Crippen molar-refractivity contribution in [2.75, 3.05) is 38.0 Å². The lowest BCUT2D eigenvalue weighted by atomic mass is 9.99. The quantitative estimate of drug-likeness (QED) is 0.775. The van der Waals surface area contributed by atoms with E-state index in [0.29, 0.717) is 6.54 Å². The van der Waals surface area contributed by atoms with Gasteiger partial charge in [-0.1, -0.05) is 18.2 Å². The zero-order chi connectivity index (χ0) is 12.4. The van der Waals surface area contributed by atoms with Crippen LogP contribution in [0.1, 0.15) is 5.56 Å².